The van der Waals surface area contributed by atoms with Crippen molar-refractivity contribution in [2.45, 2.75) is 44.1 Å². The number of fused-ring (bicyclic) bond motifs is 1. The number of rotatable bonds is 3. The van der Waals surface area contributed by atoms with Crippen molar-refractivity contribution >= 4 is 16.8 Å². The first-order chi connectivity index (χ1) is 10.3. The molecule has 0 bridgehead atoms. The largest absolute Gasteiger partial charge is 0.453 e. The summed E-state index contributed by atoms with van der Waals surface area (Å²) < 4.78 is 5.85. The summed E-state index contributed by atoms with van der Waals surface area (Å²) in [5, 5.41) is 1.02. The Bertz CT molecular complexity index is 628. The Morgan fingerprint density at radius 2 is 1.76 bits per heavy atom. The van der Waals surface area contributed by atoms with E-state index in [0.717, 1.165) is 49.7 Å². The van der Waals surface area contributed by atoms with Gasteiger partial charge in [0.05, 0.1) is 5.54 Å². The van der Waals surface area contributed by atoms with E-state index in [0.29, 0.717) is 5.76 Å². The second-order valence-electron chi connectivity index (χ2n) is 6.41. The maximum absolute atomic E-state index is 13.2. The molecule has 4 rings (SSSR count). The quantitative estimate of drug-likeness (QED) is 0.798. The van der Waals surface area contributed by atoms with Crippen molar-refractivity contribution in [1.82, 2.24) is 4.90 Å². The van der Waals surface area contributed by atoms with Crippen molar-refractivity contribution in [2.75, 3.05) is 13.1 Å². The van der Waals surface area contributed by atoms with Crippen LogP contribution in [0.5, 0.6) is 0 Å². The van der Waals surface area contributed by atoms with Gasteiger partial charge in [0, 0.05) is 5.39 Å². The number of furan rings is 1. The minimum absolute atomic E-state index is 0.207. The molecule has 2 heterocycles. The summed E-state index contributed by atoms with van der Waals surface area (Å²) in [7, 11) is 0. The normalized spacial score (nSPS) is 22.1. The second kappa shape index (κ2) is 4.99. The molecule has 2 aromatic rings. The van der Waals surface area contributed by atoms with E-state index in [1.165, 1.54) is 12.8 Å². The topological polar surface area (TPSA) is 33.5 Å². The van der Waals surface area contributed by atoms with E-state index >= 15 is 0 Å². The van der Waals surface area contributed by atoms with Gasteiger partial charge in [-0.05, 0) is 50.9 Å². The van der Waals surface area contributed by atoms with Gasteiger partial charge in [0.1, 0.15) is 5.58 Å². The lowest BCUT2D eigenvalue weighted by Crippen LogP contribution is -2.51. The third-order valence-electron chi connectivity index (χ3n) is 5.21. The molecule has 0 atom stereocenters. The summed E-state index contributed by atoms with van der Waals surface area (Å²) in [6, 6.07) is 9.80. The Labute approximate surface area is 124 Å². The third-order valence-corrected chi connectivity index (χ3v) is 5.21. The summed E-state index contributed by atoms with van der Waals surface area (Å²) in [5.41, 5.74) is 0.528. The van der Waals surface area contributed by atoms with Gasteiger partial charge in [0.15, 0.2) is 5.76 Å². The molecule has 0 amide bonds. The molecule has 0 N–H and O–H groups in total. The predicted molar refractivity (Wildman–Crippen MR) is 82.6 cm³/mol. The van der Waals surface area contributed by atoms with Gasteiger partial charge in [0.2, 0.25) is 5.78 Å². The monoisotopic (exact) mass is 283 g/mol. The molecule has 1 aromatic carbocycles. The highest BCUT2D eigenvalue weighted by atomic mass is 16.3. The van der Waals surface area contributed by atoms with E-state index < -0.39 is 0 Å². The highest BCUT2D eigenvalue weighted by Crippen LogP contribution is 2.40. The minimum atomic E-state index is -0.287. The Balaban J connectivity index is 1.73. The predicted octanol–water partition coefficient (Wildman–Crippen LogP) is 4.02. The zero-order valence-corrected chi connectivity index (χ0v) is 12.3. The number of carbonyl (C=O) groups excluding carboxylic acids is 1. The number of benzene rings is 1. The maximum atomic E-state index is 13.2. The Kier molecular flexibility index (Phi) is 3.11. The Morgan fingerprint density at radius 3 is 2.48 bits per heavy atom. The van der Waals surface area contributed by atoms with Crippen LogP contribution < -0.4 is 0 Å². The number of likely N-dealkylation sites (tertiary alicyclic amines) is 1. The molecule has 1 saturated carbocycles. The second-order valence-corrected chi connectivity index (χ2v) is 6.41. The molecular weight excluding hydrogens is 262 g/mol. The zero-order chi connectivity index (χ0) is 14.3. The van der Waals surface area contributed by atoms with E-state index in [1.54, 1.807) is 0 Å². The van der Waals surface area contributed by atoms with E-state index in [2.05, 4.69) is 4.90 Å². The van der Waals surface area contributed by atoms with Crippen LogP contribution >= 0.6 is 0 Å². The molecule has 2 fully saturated rings. The highest BCUT2D eigenvalue weighted by molar-refractivity contribution is 6.04. The summed E-state index contributed by atoms with van der Waals surface area (Å²) in [4.78, 5) is 15.6. The SMILES string of the molecule is O=C(c1cc2ccccc2o1)C1(N2CCCC2)CCCC1. The first kappa shape index (κ1) is 13.1. The molecule has 1 saturated heterocycles. The summed E-state index contributed by atoms with van der Waals surface area (Å²) in [6.07, 6.45) is 6.72. The first-order valence-corrected chi connectivity index (χ1v) is 8.08. The number of carbonyl (C=O) groups is 1. The fourth-order valence-electron chi connectivity index (χ4n) is 4.12. The lowest BCUT2D eigenvalue weighted by atomic mass is 9.88. The van der Waals surface area contributed by atoms with Gasteiger partial charge in [-0.1, -0.05) is 31.0 Å². The molecule has 1 aromatic heterocycles. The molecule has 1 aliphatic carbocycles. The van der Waals surface area contributed by atoms with E-state index in [1.807, 2.05) is 30.3 Å². The minimum Gasteiger partial charge on any atom is -0.453 e. The van der Waals surface area contributed by atoms with Crippen molar-refractivity contribution in [3.8, 4) is 0 Å². The average molecular weight is 283 g/mol. The van der Waals surface area contributed by atoms with Gasteiger partial charge >= 0.3 is 0 Å². The van der Waals surface area contributed by atoms with Gasteiger partial charge < -0.3 is 4.42 Å². The molecule has 1 aliphatic heterocycles. The summed E-state index contributed by atoms with van der Waals surface area (Å²) in [5.74, 6) is 0.753. The average Bonchev–Trinajstić information content (AvgIpc) is 3.24. The van der Waals surface area contributed by atoms with Crippen LogP contribution in [0.1, 0.15) is 49.1 Å². The molecule has 2 aliphatic rings. The first-order valence-electron chi connectivity index (χ1n) is 8.08. The van der Waals surface area contributed by atoms with E-state index in [-0.39, 0.29) is 11.3 Å². The van der Waals surface area contributed by atoms with Crippen molar-refractivity contribution in [1.29, 1.82) is 0 Å². The van der Waals surface area contributed by atoms with Gasteiger partial charge in [-0.25, -0.2) is 0 Å². The fourth-order valence-corrected chi connectivity index (χ4v) is 4.12. The van der Waals surface area contributed by atoms with E-state index in [9.17, 15) is 4.79 Å². The lowest BCUT2D eigenvalue weighted by molar-refractivity contribution is 0.0599. The van der Waals surface area contributed by atoms with Crippen molar-refractivity contribution < 1.29 is 9.21 Å². The maximum Gasteiger partial charge on any atom is 0.218 e. The number of hydrogen-bond donors (Lipinski definition) is 0. The molecule has 0 unspecified atom stereocenters. The Hall–Kier alpha value is -1.61. The van der Waals surface area contributed by atoms with E-state index in [4.69, 9.17) is 4.42 Å². The molecule has 3 heteroatoms. The van der Waals surface area contributed by atoms with Crippen molar-refractivity contribution in [3.05, 3.63) is 36.1 Å². The van der Waals surface area contributed by atoms with Gasteiger partial charge in [-0.15, -0.1) is 0 Å². The van der Waals surface area contributed by atoms with Crippen LogP contribution in [-0.2, 0) is 0 Å². The number of nitrogens with zero attached hydrogens (tertiary/aromatic N) is 1. The third kappa shape index (κ3) is 2.03. The van der Waals surface area contributed by atoms with Crippen LogP contribution in [0.25, 0.3) is 11.0 Å². The summed E-state index contributed by atoms with van der Waals surface area (Å²) in [6.45, 7) is 2.12. The number of para-hydroxylation sites is 1. The van der Waals surface area contributed by atoms with Gasteiger partial charge in [-0.3, -0.25) is 9.69 Å². The highest BCUT2D eigenvalue weighted by Gasteiger charge is 2.48. The molecule has 21 heavy (non-hydrogen) atoms. The van der Waals surface area contributed by atoms with Crippen LogP contribution in [-0.4, -0.2) is 29.3 Å². The standard InChI is InChI=1S/C18H21NO2/c20-17(16-13-14-7-1-2-8-15(14)21-16)18(9-3-4-10-18)19-11-5-6-12-19/h1-2,7-8,13H,3-6,9-12H2. The fraction of sp³-hybridized carbons (Fsp3) is 0.500. The molecule has 0 spiro atoms. The van der Waals surface area contributed by atoms with Gasteiger partial charge in [0.25, 0.3) is 0 Å². The van der Waals surface area contributed by atoms with Crippen LogP contribution in [0.4, 0.5) is 0 Å². The number of Topliss-reactive ketones (excluding diaryl/α,β-unsaturated/α-hetero) is 1. The molecular formula is C18H21NO2. The van der Waals surface area contributed by atoms with Crippen molar-refractivity contribution in [3.63, 3.8) is 0 Å². The summed E-state index contributed by atoms with van der Waals surface area (Å²) >= 11 is 0. The van der Waals surface area contributed by atoms with Crippen LogP contribution in [0.3, 0.4) is 0 Å². The number of ketones is 1. The van der Waals surface area contributed by atoms with Gasteiger partial charge in [-0.2, -0.15) is 0 Å². The molecule has 110 valence electrons. The van der Waals surface area contributed by atoms with Crippen molar-refractivity contribution in [2.24, 2.45) is 0 Å². The number of hydrogen-bond acceptors (Lipinski definition) is 3. The Morgan fingerprint density at radius 1 is 1.05 bits per heavy atom. The van der Waals surface area contributed by atoms with Crippen LogP contribution in [0.15, 0.2) is 34.7 Å². The molecule has 0 radical (unpaired) electrons. The lowest BCUT2D eigenvalue weighted by Gasteiger charge is -2.36. The zero-order valence-electron chi connectivity index (χ0n) is 12.3. The van der Waals surface area contributed by atoms with Crippen LogP contribution in [0, 0.1) is 0 Å². The smallest absolute Gasteiger partial charge is 0.218 e. The van der Waals surface area contributed by atoms with Crippen LogP contribution in [0.2, 0.25) is 0 Å². The molecule has 3 nitrogen and oxygen atoms in total.